The van der Waals surface area contributed by atoms with Crippen LogP contribution in [0, 0.1) is 0 Å². The van der Waals surface area contributed by atoms with Crippen molar-refractivity contribution in [3.05, 3.63) is 30.4 Å². The zero-order valence-corrected chi connectivity index (χ0v) is 15.6. The maximum Gasteiger partial charge on any atom is 0.282 e. The van der Waals surface area contributed by atoms with Crippen LogP contribution in [0.1, 0.15) is 37.9 Å². The molecule has 0 aliphatic carbocycles. The predicted molar refractivity (Wildman–Crippen MR) is 94.8 cm³/mol. The summed E-state index contributed by atoms with van der Waals surface area (Å²) in [5.41, 5.74) is 2.30. The first-order valence-corrected chi connectivity index (χ1v) is 9.88. The second kappa shape index (κ2) is 7.19. The maximum atomic E-state index is 12.6. The Labute approximate surface area is 148 Å². The molecule has 0 unspecified atom stereocenters. The summed E-state index contributed by atoms with van der Waals surface area (Å²) in [4.78, 5) is 9.02. The van der Waals surface area contributed by atoms with Crippen molar-refractivity contribution in [2.75, 3.05) is 20.6 Å². The first-order valence-electron chi connectivity index (χ1n) is 8.48. The van der Waals surface area contributed by atoms with Crippen LogP contribution in [0.3, 0.4) is 0 Å². The van der Waals surface area contributed by atoms with Crippen LogP contribution in [-0.4, -0.2) is 57.4 Å². The van der Waals surface area contributed by atoms with Gasteiger partial charge in [-0.2, -0.15) is 22.1 Å². The van der Waals surface area contributed by atoms with E-state index in [0.717, 1.165) is 37.2 Å². The summed E-state index contributed by atoms with van der Waals surface area (Å²) in [7, 11) is -0.373. The average Bonchev–Trinajstić information content (AvgIpc) is 3.24. The minimum absolute atomic E-state index is 0.276. The first kappa shape index (κ1) is 18.0. The average molecular weight is 364 g/mol. The molecule has 25 heavy (non-hydrogen) atoms. The molecule has 1 aliphatic heterocycles. The fraction of sp³-hybridized carbons (Fsp3) is 0.562. The second-order valence-electron chi connectivity index (χ2n) is 6.33. The molecule has 2 aromatic heterocycles. The van der Waals surface area contributed by atoms with Crippen molar-refractivity contribution in [3.63, 3.8) is 0 Å². The van der Waals surface area contributed by atoms with Crippen LogP contribution < -0.4 is 0 Å². The molecule has 0 spiro atoms. The lowest BCUT2D eigenvalue weighted by Crippen LogP contribution is -2.39. The molecule has 2 aromatic rings. The summed E-state index contributed by atoms with van der Waals surface area (Å²) < 4.78 is 29.8. The van der Waals surface area contributed by atoms with Crippen molar-refractivity contribution >= 4 is 10.2 Å². The molecule has 0 bridgehead atoms. The lowest BCUT2D eigenvalue weighted by molar-refractivity contribution is 0.357. The third-order valence-corrected chi connectivity index (χ3v) is 6.32. The van der Waals surface area contributed by atoms with Crippen LogP contribution in [0.15, 0.2) is 24.7 Å². The molecule has 9 heteroatoms. The molecular formula is C16H24N6O2S. The zero-order chi connectivity index (χ0) is 18.0. The van der Waals surface area contributed by atoms with Crippen molar-refractivity contribution in [1.29, 1.82) is 0 Å². The zero-order valence-electron chi connectivity index (χ0n) is 14.8. The fourth-order valence-corrected chi connectivity index (χ4v) is 4.44. The molecule has 0 saturated carbocycles. The lowest BCUT2D eigenvalue weighted by atomic mass is 10.1. The number of aromatic nitrogens is 4. The summed E-state index contributed by atoms with van der Waals surface area (Å²) in [6.45, 7) is 3.40. The number of rotatable bonds is 6. The van der Waals surface area contributed by atoms with E-state index < -0.39 is 10.2 Å². The maximum absolute atomic E-state index is 12.6. The Morgan fingerprint density at radius 3 is 2.84 bits per heavy atom. The highest BCUT2D eigenvalue weighted by molar-refractivity contribution is 7.86. The number of hydrogen-bond donors (Lipinski definition) is 0. The van der Waals surface area contributed by atoms with Crippen LogP contribution in [-0.2, 0) is 16.8 Å². The Kier molecular flexibility index (Phi) is 5.16. The molecule has 1 saturated heterocycles. The van der Waals surface area contributed by atoms with Crippen molar-refractivity contribution in [3.8, 4) is 11.4 Å². The molecule has 0 amide bonds. The van der Waals surface area contributed by atoms with E-state index in [1.54, 1.807) is 32.7 Å². The summed E-state index contributed by atoms with van der Waals surface area (Å²) >= 11 is 0. The van der Waals surface area contributed by atoms with Crippen molar-refractivity contribution in [2.24, 2.45) is 0 Å². The smallest absolute Gasteiger partial charge is 0.263 e. The molecule has 1 fully saturated rings. The first-order chi connectivity index (χ1) is 11.9. The van der Waals surface area contributed by atoms with E-state index in [1.165, 1.54) is 8.61 Å². The fourth-order valence-electron chi connectivity index (χ4n) is 3.13. The third kappa shape index (κ3) is 3.44. The summed E-state index contributed by atoms with van der Waals surface area (Å²) in [5.74, 6) is 0. The topological polar surface area (TPSA) is 84.2 Å². The van der Waals surface area contributed by atoms with Gasteiger partial charge >= 0.3 is 0 Å². The highest BCUT2D eigenvalue weighted by Gasteiger charge is 2.37. The Balaban J connectivity index is 1.95. The standard InChI is InChI=1S/C16H24N6O2S/c1-4-9-21-15(7-8-18-21)13-11-17-12-14(19-13)16-6-5-10-22(16)25(23,24)20(2)3/h7-8,11-12,16H,4-6,9-10H2,1-3H3/t16-/m0/s1. The third-order valence-electron chi connectivity index (χ3n) is 4.37. The number of aryl methyl sites for hydroxylation is 1. The highest BCUT2D eigenvalue weighted by atomic mass is 32.2. The SMILES string of the molecule is CCCn1nccc1-c1cncc([C@@H]2CCCN2S(=O)(=O)N(C)C)n1. The van der Waals surface area contributed by atoms with E-state index in [2.05, 4.69) is 17.0 Å². The molecule has 136 valence electrons. The number of nitrogens with zero attached hydrogens (tertiary/aromatic N) is 6. The highest BCUT2D eigenvalue weighted by Crippen LogP contribution is 2.34. The molecule has 1 atom stereocenters. The Hall–Kier alpha value is -1.84. The van der Waals surface area contributed by atoms with Gasteiger partial charge < -0.3 is 0 Å². The molecule has 0 radical (unpaired) electrons. The van der Waals surface area contributed by atoms with Crippen molar-refractivity contribution in [1.82, 2.24) is 28.4 Å². The van der Waals surface area contributed by atoms with Crippen LogP contribution >= 0.6 is 0 Å². The van der Waals surface area contributed by atoms with E-state index in [1.807, 2.05) is 10.7 Å². The minimum atomic E-state index is -3.48. The Morgan fingerprint density at radius 2 is 2.12 bits per heavy atom. The monoisotopic (exact) mass is 364 g/mol. The van der Waals surface area contributed by atoms with E-state index in [4.69, 9.17) is 4.98 Å². The Morgan fingerprint density at radius 1 is 1.32 bits per heavy atom. The molecular weight excluding hydrogens is 340 g/mol. The van der Waals surface area contributed by atoms with Gasteiger partial charge in [0.1, 0.15) is 5.69 Å². The van der Waals surface area contributed by atoms with Gasteiger partial charge in [0, 0.05) is 33.4 Å². The van der Waals surface area contributed by atoms with Crippen LogP contribution in [0.5, 0.6) is 0 Å². The van der Waals surface area contributed by atoms with Crippen molar-refractivity contribution in [2.45, 2.75) is 38.8 Å². The van der Waals surface area contributed by atoms with Crippen LogP contribution in [0.2, 0.25) is 0 Å². The largest absolute Gasteiger partial charge is 0.282 e. The summed E-state index contributed by atoms with van der Waals surface area (Å²) in [5, 5.41) is 4.32. The van der Waals surface area contributed by atoms with Gasteiger partial charge in [0.15, 0.2) is 0 Å². The molecule has 0 N–H and O–H groups in total. The van der Waals surface area contributed by atoms with E-state index in [0.29, 0.717) is 12.2 Å². The normalized spacial score (nSPS) is 19.0. The van der Waals surface area contributed by atoms with Gasteiger partial charge in [-0.15, -0.1) is 0 Å². The lowest BCUT2D eigenvalue weighted by Gasteiger charge is -2.26. The van der Waals surface area contributed by atoms with E-state index >= 15 is 0 Å². The van der Waals surface area contributed by atoms with Crippen molar-refractivity contribution < 1.29 is 8.42 Å². The van der Waals surface area contributed by atoms with Gasteiger partial charge in [0.25, 0.3) is 10.2 Å². The number of hydrogen-bond acceptors (Lipinski definition) is 5. The molecule has 1 aliphatic rings. The predicted octanol–water partition coefficient (Wildman–Crippen LogP) is 1.69. The quantitative estimate of drug-likeness (QED) is 0.779. The van der Waals surface area contributed by atoms with Gasteiger partial charge in [-0.3, -0.25) is 9.67 Å². The molecule has 8 nitrogen and oxygen atoms in total. The van der Waals surface area contributed by atoms with Crippen LogP contribution in [0.25, 0.3) is 11.4 Å². The second-order valence-corrected chi connectivity index (χ2v) is 8.42. The van der Waals surface area contributed by atoms with Gasteiger partial charge in [0.05, 0.1) is 29.8 Å². The van der Waals surface area contributed by atoms with E-state index in [9.17, 15) is 8.42 Å². The van der Waals surface area contributed by atoms with E-state index in [-0.39, 0.29) is 6.04 Å². The molecule has 3 heterocycles. The summed E-state index contributed by atoms with van der Waals surface area (Å²) in [6.07, 6.45) is 7.65. The Bertz CT molecular complexity index is 833. The van der Waals surface area contributed by atoms with Gasteiger partial charge in [0.2, 0.25) is 0 Å². The van der Waals surface area contributed by atoms with Gasteiger partial charge in [-0.05, 0) is 25.3 Å². The minimum Gasteiger partial charge on any atom is -0.263 e. The van der Waals surface area contributed by atoms with Gasteiger partial charge in [-0.25, -0.2) is 4.98 Å². The van der Waals surface area contributed by atoms with Crippen LogP contribution in [0.4, 0.5) is 0 Å². The summed E-state index contributed by atoms with van der Waals surface area (Å²) in [6, 6.07) is 1.63. The van der Waals surface area contributed by atoms with Gasteiger partial charge in [-0.1, -0.05) is 6.92 Å². The molecule has 3 rings (SSSR count). The molecule has 0 aromatic carbocycles.